The summed E-state index contributed by atoms with van der Waals surface area (Å²) >= 11 is 1.41. The fraction of sp³-hybridized carbons (Fsp3) is 0.321. The number of nitrogens with zero attached hydrogens (tertiary/aromatic N) is 2. The van der Waals surface area contributed by atoms with Gasteiger partial charge in [0.05, 0.1) is 51.2 Å². The van der Waals surface area contributed by atoms with E-state index in [0.29, 0.717) is 52.3 Å². The Balaban J connectivity index is 1.87. The van der Waals surface area contributed by atoms with Crippen molar-refractivity contribution in [2.75, 3.05) is 41.1 Å². The molecule has 1 N–H and O–H groups in total. The second-order valence-corrected chi connectivity index (χ2v) is 9.21. The molecule has 2 aromatic rings. The van der Waals surface area contributed by atoms with Crippen LogP contribution in [0, 0.1) is 0 Å². The summed E-state index contributed by atoms with van der Waals surface area (Å²) < 4.78 is 21.8. The Labute approximate surface area is 226 Å². The third-order valence-corrected chi connectivity index (χ3v) is 6.95. The van der Waals surface area contributed by atoms with E-state index in [1.807, 2.05) is 52.8 Å². The highest BCUT2D eigenvalue weighted by molar-refractivity contribution is 8.16. The number of carbonyl (C=O) groups excluding carboxylic acids is 2. The first-order chi connectivity index (χ1) is 18.5. The second-order valence-electron chi connectivity index (χ2n) is 8.37. The lowest BCUT2D eigenvalue weighted by molar-refractivity contribution is -0.139. The van der Waals surface area contributed by atoms with Crippen molar-refractivity contribution in [3.8, 4) is 11.5 Å². The van der Waals surface area contributed by atoms with E-state index in [2.05, 4.69) is 5.32 Å². The van der Waals surface area contributed by atoms with Crippen molar-refractivity contribution in [1.82, 2.24) is 10.2 Å². The molecule has 0 aliphatic carbocycles. The maximum absolute atomic E-state index is 13.6. The van der Waals surface area contributed by atoms with Crippen molar-refractivity contribution >= 4 is 34.5 Å². The summed E-state index contributed by atoms with van der Waals surface area (Å²) in [5.74, 6) is 0.499. The average Bonchev–Trinajstić information content (AvgIpc) is 3.34. The van der Waals surface area contributed by atoms with E-state index >= 15 is 0 Å². The van der Waals surface area contributed by atoms with Crippen molar-refractivity contribution in [3.05, 3.63) is 76.3 Å². The van der Waals surface area contributed by atoms with Crippen LogP contribution < -0.4 is 14.8 Å². The largest absolute Gasteiger partial charge is 0.497 e. The minimum Gasteiger partial charge on any atom is -0.497 e. The van der Waals surface area contributed by atoms with E-state index in [-0.39, 0.29) is 18.9 Å². The number of methoxy groups -OCH3 is 3. The van der Waals surface area contributed by atoms with Gasteiger partial charge in [-0.25, -0.2) is 9.79 Å². The minimum absolute atomic E-state index is 0.0987. The summed E-state index contributed by atoms with van der Waals surface area (Å²) in [7, 11) is 4.73. The van der Waals surface area contributed by atoms with Crippen LogP contribution in [0.3, 0.4) is 0 Å². The number of amidine groups is 1. The smallest absolute Gasteiger partial charge is 0.338 e. The Hall–Kier alpha value is -3.76. The number of hydrogen-bond acceptors (Lipinski definition) is 9. The Morgan fingerprint density at radius 1 is 1.08 bits per heavy atom. The number of ether oxygens (including phenoxy) is 4. The molecule has 0 bridgehead atoms. The molecule has 9 nitrogen and oxygen atoms in total. The number of thioether (sulfide) groups is 1. The SMILES string of the molecule is CCOC(=O)C1=C(c2ccccc2)N=C2SC=C(CC(=O)NCCOC)N2C1c1ccc(OC)cc1OC. The van der Waals surface area contributed by atoms with Crippen LogP contribution in [0.4, 0.5) is 0 Å². The van der Waals surface area contributed by atoms with Crippen molar-refractivity contribution in [1.29, 1.82) is 0 Å². The molecule has 0 saturated carbocycles. The van der Waals surface area contributed by atoms with Crippen LogP contribution in [0.2, 0.25) is 0 Å². The van der Waals surface area contributed by atoms with E-state index in [0.717, 1.165) is 5.56 Å². The van der Waals surface area contributed by atoms with Gasteiger partial charge in [-0.1, -0.05) is 42.1 Å². The number of rotatable bonds is 11. The molecule has 0 aromatic heterocycles. The number of nitrogens with one attached hydrogen (secondary N) is 1. The number of amides is 1. The van der Waals surface area contributed by atoms with Crippen LogP contribution in [0.5, 0.6) is 11.5 Å². The Morgan fingerprint density at radius 2 is 1.87 bits per heavy atom. The molecule has 0 radical (unpaired) electrons. The molecule has 38 heavy (non-hydrogen) atoms. The molecule has 4 rings (SSSR count). The maximum Gasteiger partial charge on any atom is 0.338 e. The molecule has 2 aliphatic rings. The topological polar surface area (TPSA) is 98.7 Å². The highest BCUT2D eigenvalue weighted by Crippen LogP contribution is 2.49. The molecule has 2 heterocycles. The number of carbonyl (C=O) groups is 2. The number of hydrogen-bond donors (Lipinski definition) is 1. The molecule has 2 aliphatic heterocycles. The van der Waals surface area contributed by atoms with Crippen molar-refractivity contribution < 1.29 is 28.5 Å². The average molecular weight is 538 g/mol. The van der Waals surface area contributed by atoms with Crippen LogP contribution in [0.15, 0.2) is 70.2 Å². The van der Waals surface area contributed by atoms with Crippen molar-refractivity contribution in [3.63, 3.8) is 0 Å². The van der Waals surface area contributed by atoms with Gasteiger partial charge in [-0.2, -0.15) is 0 Å². The summed E-state index contributed by atoms with van der Waals surface area (Å²) in [6, 6.07) is 14.3. The van der Waals surface area contributed by atoms with Crippen LogP contribution in [-0.2, 0) is 19.1 Å². The molecule has 1 amide bonds. The van der Waals surface area contributed by atoms with Crippen molar-refractivity contribution in [2.45, 2.75) is 19.4 Å². The standard InChI is InChI=1S/C28H31N3O6S/c1-5-37-27(33)24-25(18-9-7-6-8-10-18)30-28-31(19(17-38-28)15-23(32)29-13-14-34-2)26(24)21-12-11-20(35-3)16-22(21)36-4/h6-12,16-17,26H,5,13-15H2,1-4H3,(H,29,32). The molecule has 0 saturated heterocycles. The lowest BCUT2D eigenvalue weighted by Gasteiger charge is -2.37. The third kappa shape index (κ3) is 5.71. The van der Waals surface area contributed by atoms with Gasteiger partial charge in [-0.15, -0.1) is 0 Å². The number of fused-ring (bicyclic) bond motifs is 1. The zero-order valence-corrected chi connectivity index (χ0v) is 22.7. The first-order valence-electron chi connectivity index (χ1n) is 12.2. The van der Waals surface area contributed by atoms with E-state index in [1.165, 1.54) is 11.8 Å². The molecule has 10 heteroatoms. The van der Waals surface area contributed by atoms with Gasteiger partial charge in [-0.3, -0.25) is 4.79 Å². The van der Waals surface area contributed by atoms with Crippen LogP contribution in [-0.4, -0.2) is 63.0 Å². The number of benzene rings is 2. The molecular formula is C28H31N3O6S. The second kappa shape index (κ2) is 12.7. The first kappa shape index (κ1) is 27.3. The van der Waals surface area contributed by atoms with Gasteiger partial charge in [-0.05, 0) is 24.5 Å². The summed E-state index contributed by atoms with van der Waals surface area (Å²) in [5, 5.41) is 5.41. The van der Waals surface area contributed by atoms with Gasteiger partial charge in [0.25, 0.3) is 0 Å². The highest BCUT2D eigenvalue weighted by Gasteiger charge is 2.43. The van der Waals surface area contributed by atoms with E-state index in [4.69, 9.17) is 23.9 Å². The Bertz CT molecular complexity index is 1270. The van der Waals surface area contributed by atoms with E-state index in [1.54, 1.807) is 34.3 Å². The first-order valence-corrected chi connectivity index (χ1v) is 13.1. The lowest BCUT2D eigenvalue weighted by atomic mass is 9.90. The summed E-state index contributed by atoms with van der Waals surface area (Å²) in [4.78, 5) is 33.2. The van der Waals surface area contributed by atoms with E-state index in [9.17, 15) is 9.59 Å². The summed E-state index contributed by atoms with van der Waals surface area (Å²) in [5.41, 5.74) is 3.08. The summed E-state index contributed by atoms with van der Waals surface area (Å²) in [6.45, 7) is 2.78. The van der Waals surface area contributed by atoms with Gasteiger partial charge >= 0.3 is 5.97 Å². The van der Waals surface area contributed by atoms with Gasteiger partial charge in [0.15, 0.2) is 5.17 Å². The molecule has 0 fully saturated rings. The normalized spacial score (nSPS) is 16.4. The van der Waals surface area contributed by atoms with Gasteiger partial charge in [0, 0.05) is 36.5 Å². The van der Waals surface area contributed by atoms with E-state index < -0.39 is 12.0 Å². The Kier molecular flexibility index (Phi) is 9.09. The fourth-order valence-corrected chi connectivity index (χ4v) is 5.27. The molecule has 1 unspecified atom stereocenters. The predicted molar refractivity (Wildman–Crippen MR) is 147 cm³/mol. The Morgan fingerprint density at radius 3 is 2.55 bits per heavy atom. The number of aliphatic imine (C=N–C) groups is 1. The molecular weight excluding hydrogens is 506 g/mol. The molecule has 0 spiro atoms. The molecule has 2 aromatic carbocycles. The van der Waals surface area contributed by atoms with Crippen LogP contribution >= 0.6 is 11.8 Å². The third-order valence-electron chi connectivity index (χ3n) is 6.06. The zero-order valence-electron chi connectivity index (χ0n) is 21.9. The van der Waals surface area contributed by atoms with Gasteiger partial charge < -0.3 is 29.2 Å². The minimum atomic E-state index is -0.661. The fourth-order valence-electron chi connectivity index (χ4n) is 4.35. The quantitative estimate of drug-likeness (QED) is 0.338. The highest BCUT2D eigenvalue weighted by atomic mass is 32.2. The monoisotopic (exact) mass is 537 g/mol. The molecule has 1 atom stereocenters. The molecule has 200 valence electrons. The number of esters is 1. The zero-order chi connectivity index (χ0) is 27.1. The lowest BCUT2D eigenvalue weighted by Crippen LogP contribution is -2.38. The van der Waals surface area contributed by atoms with Gasteiger partial charge in [0.1, 0.15) is 11.5 Å². The van der Waals surface area contributed by atoms with Gasteiger partial charge in [0.2, 0.25) is 5.91 Å². The van der Waals surface area contributed by atoms with Crippen LogP contribution in [0.25, 0.3) is 5.70 Å². The maximum atomic E-state index is 13.6. The van der Waals surface area contributed by atoms with Crippen LogP contribution in [0.1, 0.15) is 30.5 Å². The summed E-state index contributed by atoms with van der Waals surface area (Å²) in [6.07, 6.45) is 0.0987. The van der Waals surface area contributed by atoms with Crippen molar-refractivity contribution in [2.24, 2.45) is 4.99 Å². The predicted octanol–water partition coefficient (Wildman–Crippen LogP) is 4.13.